The summed E-state index contributed by atoms with van der Waals surface area (Å²) in [5, 5.41) is 7.11. The molecule has 0 saturated heterocycles. The van der Waals surface area contributed by atoms with Crippen molar-refractivity contribution in [3.8, 4) is 51.0 Å². The molecule has 5 nitrogen and oxygen atoms in total. The quantitative estimate of drug-likeness (QED) is 0.176. The molecular weight excluding hydrogens is 717 g/mol. The molecule has 0 unspecified atom stereocenters. The van der Waals surface area contributed by atoms with Crippen molar-refractivity contribution in [3.05, 3.63) is 182 Å². The molecule has 0 aliphatic rings. The normalized spacial score (nSPS) is 11.9. The van der Waals surface area contributed by atoms with Gasteiger partial charge in [-0.3, -0.25) is 0 Å². The van der Waals surface area contributed by atoms with E-state index in [9.17, 15) is 0 Å². The lowest BCUT2D eigenvalue weighted by Gasteiger charge is -2.09. The molecule has 0 radical (unpaired) electrons. The smallest absolute Gasteiger partial charge is 0.164 e. The van der Waals surface area contributed by atoms with E-state index in [2.05, 4.69) is 114 Å². The van der Waals surface area contributed by atoms with Crippen LogP contribution < -0.4 is 0 Å². The number of nitrogens with zero attached hydrogens (tertiary/aromatic N) is 4. The molecule has 0 aliphatic carbocycles. The highest BCUT2D eigenvalue weighted by Gasteiger charge is 2.20. The van der Waals surface area contributed by atoms with E-state index in [0.29, 0.717) is 17.5 Å². The van der Waals surface area contributed by atoms with Crippen LogP contribution in [-0.4, -0.2) is 19.5 Å². The molecule has 0 atom stereocenters. The van der Waals surface area contributed by atoms with Crippen LogP contribution >= 0.6 is 11.3 Å². The number of furan rings is 1. The Morgan fingerprint density at radius 2 is 1.00 bits per heavy atom. The van der Waals surface area contributed by atoms with E-state index < -0.39 is 0 Å². The highest BCUT2D eigenvalue weighted by atomic mass is 32.1. The van der Waals surface area contributed by atoms with Gasteiger partial charge < -0.3 is 8.98 Å². The van der Waals surface area contributed by atoms with Gasteiger partial charge in [-0.2, -0.15) is 0 Å². The Morgan fingerprint density at radius 1 is 0.404 bits per heavy atom. The van der Waals surface area contributed by atoms with Crippen LogP contribution in [0, 0.1) is 0 Å². The topological polar surface area (TPSA) is 56.7 Å². The minimum Gasteiger partial charge on any atom is -0.456 e. The monoisotopic (exact) mass is 746 g/mol. The third-order valence-electron chi connectivity index (χ3n) is 11.1. The molecule has 0 bridgehead atoms. The van der Waals surface area contributed by atoms with Crippen molar-refractivity contribution < 1.29 is 4.42 Å². The van der Waals surface area contributed by atoms with E-state index in [-0.39, 0.29) is 0 Å². The highest BCUT2D eigenvalue weighted by Crippen LogP contribution is 2.45. The molecule has 8 aromatic carbocycles. The number of rotatable bonds is 5. The van der Waals surface area contributed by atoms with E-state index in [1.54, 1.807) is 0 Å². The lowest BCUT2D eigenvalue weighted by molar-refractivity contribution is 0.669. The Balaban J connectivity index is 1.03. The first kappa shape index (κ1) is 31.9. The van der Waals surface area contributed by atoms with Gasteiger partial charge in [-0.25, -0.2) is 15.0 Å². The predicted octanol–water partition coefficient (Wildman–Crippen LogP) is 13.9. The van der Waals surface area contributed by atoms with Crippen LogP contribution in [0.15, 0.2) is 186 Å². The van der Waals surface area contributed by atoms with Crippen molar-refractivity contribution >= 4 is 75.3 Å². The van der Waals surface area contributed by atoms with Gasteiger partial charge in [0.1, 0.15) is 11.2 Å². The molecule has 0 spiro atoms. The highest BCUT2D eigenvalue weighted by molar-refractivity contribution is 7.26. The molecule has 12 rings (SSSR count). The molecule has 0 saturated carbocycles. The van der Waals surface area contributed by atoms with Crippen LogP contribution in [-0.2, 0) is 0 Å². The van der Waals surface area contributed by atoms with Crippen LogP contribution in [0.1, 0.15) is 0 Å². The van der Waals surface area contributed by atoms with Crippen molar-refractivity contribution in [1.82, 2.24) is 19.5 Å². The zero-order valence-electron chi connectivity index (χ0n) is 30.4. The fourth-order valence-corrected chi connectivity index (χ4v) is 9.68. The van der Waals surface area contributed by atoms with Crippen LogP contribution in [0.3, 0.4) is 0 Å². The largest absolute Gasteiger partial charge is 0.456 e. The molecule has 6 heteroatoms. The maximum absolute atomic E-state index is 6.54. The summed E-state index contributed by atoms with van der Waals surface area (Å²) >= 11 is 1.85. The number of benzene rings is 8. The molecule has 0 fully saturated rings. The van der Waals surface area contributed by atoms with Crippen molar-refractivity contribution in [3.63, 3.8) is 0 Å². The average Bonchev–Trinajstić information content (AvgIpc) is 3.96. The summed E-state index contributed by atoms with van der Waals surface area (Å²) in [5.41, 5.74) is 10.3. The average molecular weight is 747 g/mol. The number of hydrogen-bond acceptors (Lipinski definition) is 5. The summed E-state index contributed by atoms with van der Waals surface area (Å²) < 4.78 is 11.4. The van der Waals surface area contributed by atoms with E-state index in [4.69, 9.17) is 19.4 Å². The molecule has 0 aliphatic heterocycles. The van der Waals surface area contributed by atoms with Gasteiger partial charge in [0.05, 0.1) is 11.0 Å². The lowest BCUT2D eigenvalue weighted by atomic mass is 9.97. The Labute approximate surface area is 330 Å². The van der Waals surface area contributed by atoms with Gasteiger partial charge in [0, 0.05) is 69.7 Å². The summed E-state index contributed by atoms with van der Waals surface area (Å²) in [6.45, 7) is 0. The zero-order chi connectivity index (χ0) is 37.5. The van der Waals surface area contributed by atoms with Gasteiger partial charge in [-0.1, -0.05) is 127 Å². The van der Waals surface area contributed by atoms with E-state index in [1.807, 2.05) is 84.1 Å². The van der Waals surface area contributed by atoms with Crippen molar-refractivity contribution in [2.45, 2.75) is 0 Å². The molecule has 12 aromatic rings. The summed E-state index contributed by atoms with van der Waals surface area (Å²) in [7, 11) is 0. The maximum Gasteiger partial charge on any atom is 0.164 e. The molecule has 0 N–H and O–H groups in total. The molecule has 4 heterocycles. The minimum atomic E-state index is 0.613. The molecular formula is C51H30N4OS. The fourth-order valence-electron chi connectivity index (χ4n) is 8.47. The lowest BCUT2D eigenvalue weighted by Crippen LogP contribution is -2.00. The minimum absolute atomic E-state index is 0.613. The second kappa shape index (κ2) is 12.6. The van der Waals surface area contributed by atoms with Crippen molar-refractivity contribution in [2.75, 3.05) is 0 Å². The Bertz CT molecular complexity index is 3420. The Kier molecular flexibility index (Phi) is 7.03. The number of thiophene rings is 1. The summed E-state index contributed by atoms with van der Waals surface area (Å²) in [6, 6.07) is 63.8. The Hall–Kier alpha value is -7.41. The first-order chi connectivity index (χ1) is 28.2. The van der Waals surface area contributed by atoms with Crippen LogP contribution in [0.5, 0.6) is 0 Å². The number of fused-ring (bicyclic) bond motifs is 9. The first-order valence-electron chi connectivity index (χ1n) is 19.0. The Morgan fingerprint density at radius 3 is 1.70 bits per heavy atom. The van der Waals surface area contributed by atoms with Crippen LogP contribution in [0.4, 0.5) is 0 Å². The SMILES string of the molecule is c1ccc(-c2nc(-c3ccccc3)nc(-c3ccc4oc5cccc(-c6cccc7c6sc6ccc(-n8c9ccccc9c9ccccc98)cc67)c5c4c3)n2)cc1. The summed E-state index contributed by atoms with van der Waals surface area (Å²) in [4.78, 5) is 15.0. The van der Waals surface area contributed by atoms with E-state index in [1.165, 1.54) is 47.5 Å². The van der Waals surface area contributed by atoms with Crippen molar-refractivity contribution in [2.24, 2.45) is 0 Å². The van der Waals surface area contributed by atoms with E-state index >= 15 is 0 Å². The van der Waals surface area contributed by atoms with Gasteiger partial charge >= 0.3 is 0 Å². The van der Waals surface area contributed by atoms with Crippen LogP contribution in [0.25, 0.3) is 115 Å². The molecule has 266 valence electrons. The molecule has 4 aromatic heterocycles. The third kappa shape index (κ3) is 5.04. The van der Waals surface area contributed by atoms with Crippen LogP contribution in [0.2, 0.25) is 0 Å². The standard InChI is InChI=1S/C51H30N4OS/c1-3-13-31(14-4-1)49-52-50(32-15-5-2-6-16-32)54-51(53-49)33-25-27-44-41(29-33)47-37(19-12-24-45(47)56-44)38-20-11-21-39-40-30-34(26-28-46(40)57-48(38)39)55-42-22-9-7-17-35(42)36-18-8-10-23-43(36)55/h1-30H. The summed E-state index contributed by atoms with van der Waals surface area (Å²) in [5.74, 6) is 1.88. The second-order valence-electron chi connectivity index (χ2n) is 14.4. The van der Waals surface area contributed by atoms with E-state index in [0.717, 1.165) is 49.9 Å². The van der Waals surface area contributed by atoms with Gasteiger partial charge in [0.25, 0.3) is 0 Å². The third-order valence-corrected chi connectivity index (χ3v) is 12.3. The van der Waals surface area contributed by atoms with Gasteiger partial charge in [0.15, 0.2) is 17.5 Å². The maximum atomic E-state index is 6.54. The number of para-hydroxylation sites is 2. The van der Waals surface area contributed by atoms with Gasteiger partial charge in [-0.05, 0) is 60.2 Å². The second-order valence-corrected chi connectivity index (χ2v) is 15.4. The van der Waals surface area contributed by atoms with Crippen molar-refractivity contribution in [1.29, 1.82) is 0 Å². The molecule has 57 heavy (non-hydrogen) atoms. The zero-order valence-corrected chi connectivity index (χ0v) is 31.2. The molecule has 0 amide bonds. The fraction of sp³-hybridized carbons (Fsp3) is 0. The van der Waals surface area contributed by atoms with Gasteiger partial charge in [-0.15, -0.1) is 11.3 Å². The van der Waals surface area contributed by atoms with Gasteiger partial charge in [0.2, 0.25) is 0 Å². The predicted molar refractivity (Wildman–Crippen MR) is 236 cm³/mol. The first-order valence-corrected chi connectivity index (χ1v) is 19.8. The number of hydrogen-bond donors (Lipinski definition) is 0. The summed E-state index contributed by atoms with van der Waals surface area (Å²) in [6.07, 6.45) is 0. The number of aromatic nitrogens is 4.